The first-order chi connectivity index (χ1) is 35.5. The maximum Gasteiger partial charge on any atom is 0.305 e. The van der Waals surface area contributed by atoms with Crippen LogP contribution in [-0.2, 0) is 14.3 Å². The SMILES string of the molecule is CCCCCCCCC/C=C\CCCCCCCC(=O)OCCCCCCCCCCC/C=C\C/C=C\CCCCCCCCCCCC(=O)NC(CO)C(O)CCCCCCCCCCCCCCCC. The number of ether oxygens (including phenoxy) is 1. The van der Waals surface area contributed by atoms with Gasteiger partial charge in [0.2, 0.25) is 5.91 Å². The summed E-state index contributed by atoms with van der Waals surface area (Å²) in [4.78, 5) is 24.5. The molecule has 424 valence electrons. The standard InChI is InChI=1S/C66H125NO5/c1-3-5-7-9-11-13-15-17-19-32-36-40-44-48-52-56-60-66(71)72-61-57-53-49-45-41-37-33-30-28-26-24-22-20-21-23-25-27-29-31-35-39-43-47-51-55-59-65(70)67-63(62-68)64(69)58-54-50-46-42-38-34-18-16-14-12-10-8-6-4-2/h19,21-24,32,63-64,68-69H,3-18,20,25-31,33-62H2,1-2H3,(H,67,70)/b23-21-,24-22-,32-19-. The maximum atomic E-state index is 12.5. The number of aliphatic hydroxyl groups excluding tert-OH is 2. The van der Waals surface area contributed by atoms with Gasteiger partial charge in [-0.2, -0.15) is 0 Å². The van der Waals surface area contributed by atoms with Crippen molar-refractivity contribution in [1.82, 2.24) is 5.32 Å². The van der Waals surface area contributed by atoms with Crippen LogP contribution >= 0.6 is 0 Å². The molecule has 0 rings (SSSR count). The predicted molar refractivity (Wildman–Crippen MR) is 315 cm³/mol. The van der Waals surface area contributed by atoms with Crippen molar-refractivity contribution >= 4 is 11.9 Å². The van der Waals surface area contributed by atoms with Crippen LogP contribution in [0.1, 0.15) is 348 Å². The first-order valence-electron chi connectivity index (χ1n) is 32.2. The summed E-state index contributed by atoms with van der Waals surface area (Å²) in [6.07, 6.45) is 77.3. The van der Waals surface area contributed by atoms with E-state index in [-0.39, 0.29) is 18.5 Å². The van der Waals surface area contributed by atoms with Gasteiger partial charge < -0.3 is 20.3 Å². The minimum Gasteiger partial charge on any atom is -0.466 e. The van der Waals surface area contributed by atoms with E-state index < -0.39 is 12.1 Å². The number of carbonyl (C=O) groups is 2. The Kier molecular flexibility index (Phi) is 60.0. The molecule has 0 fully saturated rings. The zero-order chi connectivity index (χ0) is 52.2. The number of unbranched alkanes of at least 4 members (excludes halogenated alkanes) is 43. The van der Waals surface area contributed by atoms with Crippen LogP contribution in [0.2, 0.25) is 0 Å². The van der Waals surface area contributed by atoms with E-state index in [1.54, 1.807) is 0 Å². The van der Waals surface area contributed by atoms with Crippen LogP contribution in [0.25, 0.3) is 0 Å². The third-order valence-electron chi connectivity index (χ3n) is 14.9. The summed E-state index contributed by atoms with van der Waals surface area (Å²) in [6.45, 7) is 4.96. The Bertz CT molecular complexity index is 1170. The maximum absolute atomic E-state index is 12.5. The van der Waals surface area contributed by atoms with E-state index in [0.29, 0.717) is 25.9 Å². The van der Waals surface area contributed by atoms with Crippen LogP contribution in [-0.4, -0.2) is 47.4 Å². The zero-order valence-electron chi connectivity index (χ0n) is 48.4. The van der Waals surface area contributed by atoms with E-state index in [4.69, 9.17) is 4.74 Å². The number of rotatable bonds is 60. The van der Waals surface area contributed by atoms with Gasteiger partial charge in [-0.05, 0) is 83.5 Å². The molecule has 0 saturated carbocycles. The lowest BCUT2D eigenvalue weighted by molar-refractivity contribution is -0.143. The molecule has 0 saturated heterocycles. The molecule has 0 aromatic heterocycles. The van der Waals surface area contributed by atoms with Crippen LogP contribution in [0.15, 0.2) is 36.5 Å². The quantitative estimate of drug-likeness (QED) is 0.0320. The van der Waals surface area contributed by atoms with Crippen LogP contribution in [0, 0.1) is 0 Å². The summed E-state index contributed by atoms with van der Waals surface area (Å²) >= 11 is 0. The molecular formula is C66H125NO5. The number of carbonyl (C=O) groups excluding carboxylic acids is 2. The fraction of sp³-hybridized carbons (Fsp3) is 0.879. The molecule has 0 aliphatic heterocycles. The van der Waals surface area contributed by atoms with Crippen molar-refractivity contribution in [3.05, 3.63) is 36.5 Å². The highest BCUT2D eigenvalue weighted by Gasteiger charge is 2.20. The molecular weight excluding hydrogens is 887 g/mol. The Morgan fingerprint density at radius 1 is 0.389 bits per heavy atom. The highest BCUT2D eigenvalue weighted by atomic mass is 16.5. The minimum atomic E-state index is -0.668. The largest absolute Gasteiger partial charge is 0.466 e. The third kappa shape index (κ3) is 57.4. The Balaban J connectivity index is 3.42. The molecule has 0 aliphatic carbocycles. The van der Waals surface area contributed by atoms with Crippen LogP contribution < -0.4 is 5.32 Å². The van der Waals surface area contributed by atoms with E-state index in [9.17, 15) is 19.8 Å². The lowest BCUT2D eigenvalue weighted by Crippen LogP contribution is -2.45. The normalized spacial score (nSPS) is 12.8. The highest BCUT2D eigenvalue weighted by Crippen LogP contribution is 2.17. The fourth-order valence-corrected chi connectivity index (χ4v) is 9.96. The van der Waals surface area contributed by atoms with Gasteiger partial charge in [0, 0.05) is 12.8 Å². The fourth-order valence-electron chi connectivity index (χ4n) is 9.96. The Labute approximate surface area is 449 Å². The molecule has 0 aliphatic rings. The smallest absolute Gasteiger partial charge is 0.305 e. The van der Waals surface area contributed by atoms with Crippen molar-refractivity contribution < 1.29 is 24.5 Å². The van der Waals surface area contributed by atoms with Gasteiger partial charge in [0.1, 0.15) is 0 Å². The molecule has 0 aromatic rings. The van der Waals surface area contributed by atoms with Crippen LogP contribution in [0.5, 0.6) is 0 Å². The average Bonchev–Trinajstić information content (AvgIpc) is 3.38. The van der Waals surface area contributed by atoms with E-state index in [1.807, 2.05) is 0 Å². The lowest BCUT2D eigenvalue weighted by Gasteiger charge is -2.22. The number of hydrogen-bond donors (Lipinski definition) is 3. The second-order valence-corrected chi connectivity index (χ2v) is 22.1. The van der Waals surface area contributed by atoms with Crippen molar-refractivity contribution in [2.24, 2.45) is 0 Å². The van der Waals surface area contributed by atoms with Crippen molar-refractivity contribution in [2.75, 3.05) is 13.2 Å². The lowest BCUT2D eigenvalue weighted by atomic mass is 10.0. The second-order valence-electron chi connectivity index (χ2n) is 22.1. The van der Waals surface area contributed by atoms with Crippen molar-refractivity contribution in [3.8, 4) is 0 Å². The summed E-state index contributed by atoms with van der Waals surface area (Å²) in [5, 5.41) is 23.3. The molecule has 72 heavy (non-hydrogen) atoms. The molecule has 6 heteroatoms. The molecule has 0 radical (unpaired) electrons. The number of hydrogen-bond acceptors (Lipinski definition) is 5. The Hall–Kier alpha value is -1.92. The topological polar surface area (TPSA) is 95.9 Å². The van der Waals surface area contributed by atoms with Crippen molar-refractivity contribution in [1.29, 1.82) is 0 Å². The number of esters is 1. The highest BCUT2D eigenvalue weighted by molar-refractivity contribution is 5.76. The summed E-state index contributed by atoms with van der Waals surface area (Å²) in [7, 11) is 0. The molecule has 0 bridgehead atoms. The molecule has 2 atom stereocenters. The van der Waals surface area contributed by atoms with Gasteiger partial charge in [0.25, 0.3) is 0 Å². The molecule has 6 nitrogen and oxygen atoms in total. The van der Waals surface area contributed by atoms with Crippen molar-refractivity contribution in [3.63, 3.8) is 0 Å². The van der Waals surface area contributed by atoms with Crippen LogP contribution in [0.4, 0.5) is 0 Å². The first kappa shape index (κ1) is 70.1. The third-order valence-corrected chi connectivity index (χ3v) is 14.9. The van der Waals surface area contributed by atoms with E-state index in [0.717, 1.165) is 51.4 Å². The number of amides is 1. The molecule has 1 amide bonds. The average molecular weight is 1010 g/mol. The monoisotopic (exact) mass is 1010 g/mol. The van der Waals surface area contributed by atoms with Gasteiger partial charge in [-0.15, -0.1) is 0 Å². The molecule has 0 heterocycles. The van der Waals surface area contributed by atoms with E-state index in [1.165, 1.54) is 263 Å². The number of nitrogens with one attached hydrogen (secondary N) is 1. The molecule has 0 aromatic carbocycles. The first-order valence-corrected chi connectivity index (χ1v) is 32.2. The van der Waals surface area contributed by atoms with Crippen LogP contribution in [0.3, 0.4) is 0 Å². The summed E-state index contributed by atoms with van der Waals surface area (Å²) in [6, 6.07) is -0.546. The van der Waals surface area contributed by atoms with E-state index >= 15 is 0 Å². The van der Waals surface area contributed by atoms with Gasteiger partial charge in [0.05, 0.1) is 25.4 Å². The van der Waals surface area contributed by atoms with Gasteiger partial charge in [-0.3, -0.25) is 9.59 Å². The Morgan fingerprint density at radius 3 is 1.07 bits per heavy atom. The number of allylic oxidation sites excluding steroid dienone is 6. The van der Waals surface area contributed by atoms with Gasteiger partial charge >= 0.3 is 5.97 Å². The van der Waals surface area contributed by atoms with Gasteiger partial charge in [-0.25, -0.2) is 0 Å². The molecule has 0 spiro atoms. The minimum absolute atomic E-state index is 0.00178. The van der Waals surface area contributed by atoms with Gasteiger partial charge in [-0.1, -0.05) is 288 Å². The van der Waals surface area contributed by atoms with E-state index in [2.05, 4.69) is 55.6 Å². The number of aliphatic hydroxyl groups is 2. The Morgan fingerprint density at radius 2 is 0.694 bits per heavy atom. The summed E-state index contributed by atoms with van der Waals surface area (Å²) in [5.74, 6) is -0.0382. The summed E-state index contributed by atoms with van der Waals surface area (Å²) < 4.78 is 5.48. The molecule has 2 unspecified atom stereocenters. The molecule has 3 N–H and O–H groups in total. The zero-order valence-corrected chi connectivity index (χ0v) is 48.4. The summed E-state index contributed by atoms with van der Waals surface area (Å²) in [5.41, 5.74) is 0. The predicted octanol–water partition coefficient (Wildman–Crippen LogP) is 20.4. The van der Waals surface area contributed by atoms with Gasteiger partial charge in [0.15, 0.2) is 0 Å². The van der Waals surface area contributed by atoms with Crippen molar-refractivity contribution in [2.45, 2.75) is 360 Å². The second kappa shape index (κ2) is 61.6.